The first-order chi connectivity index (χ1) is 6.27. The first-order valence-corrected chi connectivity index (χ1v) is 4.69. The molecule has 0 amide bonds. The number of Topliss-reactive ketones (excluding diaryl/α,β-unsaturated/α-hetero) is 1. The van der Waals surface area contributed by atoms with Gasteiger partial charge in [-0.3, -0.25) is 4.79 Å². The molecule has 0 spiro atoms. The molecule has 2 heteroatoms. The molecule has 0 atom stereocenters. The summed E-state index contributed by atoms with van der Waals surface area (Å²) < 4.78 is 0. The van der Waals surface area contributed by atoms with Gasteiger partial charge in [-0.1, -0.05) is 6.07 Å². The lowest BCUT2D eigenvalue weighted by molar-refractivity contribution is 0.0982. The van der Waals surface area contributed by atoms with Crippen molar-refractivity contribution in [2.75, 3.05) is 5.73 Å². The molecule has 0 aliphatic heterocycles. The lowest BCUT2D eigenvalue weighted by Crippen LogP contribution is -2.01. The van der Waals surface area contributed by atoms with Crippen LogP contribution in [0.5, 0.6) is 0 Å². The number of carbonyl (C=O) groups excluding carboxylic acids is 1. The summed E-state index contributed by atoms with van der Waals surface area (Å²) in [7, 11) is 0. The number of hydrogen-bond acceptors (Lipinski definition) is 2. The number of carbonyl (C=O) groups is 1. The Labute approximate surface area is 77.8 Å². The number of fused-ring (bicyclic) bond motifs is 1. The molecule has 2 N–H and O–H groups in total. The lowest BCUT2D eigenvalue weighted by atomic mass is 10.0. The fourth-order valence-corrected chi connectivity index (χ4v) is 1.81. The molecule has 2 nitrogen and oxygen atoms in total. The highest BCUT2D eigenvalue weighted by Crippen LogP contribution is 2.22. The number of benzene rings is 1. The van der Waals surface area contributed by atoms with Crippen LogP contribution in [0.15, 0.2) is 18.2 Å². The number of anilines is 1. The SMILES string of the molecule is Nc1ccc2c(c1)C(=O)CCCC2. The quantitative estimate of drug-likeness (QED) is 0.485. The third kappa shape index (κ3) is 1.57. The van der Waals surface area contributed by atoms with Crippen LogP contribution in [0, 0.1) is 0 Å². The molecule has 0 heterocycles. The molecule has 0 fully saturated rings. The van der Waals surface area contributed by atoms with Crippen LogP contribution in [0.4, 0.5) is 5.69 Å². The summed E-state index contributed by atoms with van der Waals surface area (Å²) in [5, 5.41) is 0. The van der Waals surface area contributed by atoms with Gasteiger partial charge in [0.05, 0.1) is 0 Å². The smallest absolute Gasteiger partial charge is 0.163 e. The zero-order chi connectivity index (χ0) is 9.26. The van der Waals surface area contributed by atoms with E-state index in [1.807, 2.05) is 18.2 Å². The van der Waals surface area contributed by atoms with E-state index in [-0.39, 0.29) is 5.78 Å². The van der Waals surface area contributed by atoms with Crippen LogP contribution in [0.3, 0.4) is 0 Å². The molecular formula is C11H13NO. The van der Waals surface area contributed by atoms with Crippen LogP contribution < -0.4 is 5.73 Å². The highest BCUT2D eigenvalue weighted by Gasteiger charge is 2.14. The van der Waals surface area contributed by atoms with Crippen LogP contribution >= 0.6 is 0 Å². The molecule has 0 unspecified atom stereocenters. The van der Waals surface area contributed by atoms with E-state index in [9.17, 15) is 4.79 Å². The lowest BCUT2D eigenvalue weighted by Gasteiger charge is -2.04. The van der Waals surface area contributed by atoms with Gasteiger partial charge in [0.15, 0.2) is 5.78 Å². The molecule has 1 aliphatic carbocycles. The van der Waals surface area contributed by atoms with E-state index in [4.69, 9.17) is 5.73 Å². The van der Waals surface area contributed by atoms with Crippen molar-refractivity contribution in [1.29, 1.82) is 0 Å². The second-order valence-electron chi connectivity index (χ2n) is 3.55. The van der Waals surface area contributed by atoms with Crippen LogP contribution in [0.1, 0.15) is 35.2 Å². The molecule has 1 aromatic rings. The monoisotopic (exact) mass is 175 g/mol. The third-order valence-corrected chi connectivity index (χ3v) is 2.53. The molecule has 13 heavy (non-hydrogen) atoms. The van der Waals surface area contributed by atoms with Gasteiger partial charge in [0.2, 0.25) is 0 Å². The van der Waals surface area contributed by atoms with Gasteiger partial charge in [0, 0.05) is 17.7 Å². The molecule has 0 saturated carbocycles. The fraction of sp³-hybridized carbons (Fsp3) is 0.364. The summed E-state index contributed by atoms with van der Waals surface area (Å²) in [4.78, 5) is 11.6. The van der Waals surface area contributed by atoms with Gasteiger partial charge >= 0.3 is 0 Å². The Morgan fingerprint density at radius 1 is 1.15 bits per heavy atom. The highest BCUT2D eigenvalue weighted by molar-refractivity contribution is 5.98. The van der Waals surface area contributed by atoms with Gasteiger partial charge in [-0.15, -0.1) is 0 Å². The average Bonchev–Trinajstić information content (AvgIpc) is 2.29. The standard InChI is InChI=1S/C11H13NO/c12-9-6-5-8-3-1-2-4-11(13)10(8)7-9/h5-7H,1-4,12H2. The van der Waals surface area contributed by atoms with Crippen molar-refractivity contribution < 1.29 is 4.79 Å². The first kappa shape index (κ1) is 8.30. The number of aryl methyl sites for hydroxylation is 1. The largest absolute Gasteiger partial charge is 0.399 e. The maximum absolute atomic E-state index is 11.6. The molecule has 2 rings (SSSR count). The van der Waals surface area contributed by atoms with E-state index in [0.717, 1.165) is 30.4 Å². The van der Waals surface area contributed by atoms with Crippen molar-refractivity contribution in [3.63, 3.8) is 0 Å². The van der Waals surface area contributed by atoms with Crippen LogP contribution in [0.25, 0.3) is 0 Å². The van der Waals surface area contributed by atoms with E-state index < -0.39 is 0 Å². The van der Waals surface area contributed by atoms with Gasteiger partial charge in [0.1, 0.15) is 0 Å². The Bertz CT molecular complexity index is 344. The maximum Gasteiger partial charge on any atom is 0.163 e. The number of hydrogen-bond donors (Lipinski definition) is 1. The van der Waals surface area contributed by atoms with Crippen molar-refractivity contribution in [3.8, 4) is 0 Å². The van der Waals surface area contributed by atoms with Crippen LogP contribution in [-0.2, 0) is 6.42 Å². The fourth-order valence-electron chi connectivity index (χ4n) is 1.81. The summed E-state index contributed by atoms with van der Waals surface area (Å²) in [5.74, 6) is 0.250. The van der Waals surface area contributed by atoms with Gasteiger partial charge in [-0.25, -0.2) is 0 Å². The summed E-state index contributed by atoms with van der Waals surface area (Å²) in [6.45, 7) is 0. The van der Waals surface area contributed by atoms with Crippen molar-refractivity contribution in [3.05, 3.63) is 29.3 Å². The van der Waals surface area contributed by atoms with Crippen molar-refractivity contribution in [2.45, 2.75) is 25.7 Å². The zero-order valence-electron chi connectivity index (χ0n) is 7.55. The summed E-state index contributed by atoms with van der Waals surface area (Å²) >= 11 is 0. The second-order valence-corrected chi connectivity index (χ2v) is 3.55. The zero-order valence-corrected chi connectivity index (χ0v) is 7.55. The van der Waals surface area contributed by atoms with Crippen LogP contribution in [0.2, 0.25) is 0 Å². The minimum absolute atomic E-state index is 0.250. The highest BCUT2D eigenvalue weighted by atomic mass is 16.1. The van der Waals surface area contributed by atoms with Crippen molar-refractivity contribution in [1.82, 2.24) is 0 Å². The van der Waals surface area contributed by atoms with Gasteiger partial charge < -0.3 is 5.73 Å². The molecule has 0 bridgehead atoms. The van der Waals surface area contributed by atoms with Gasteiger partial charge in [-0.2, -0.15) is 0 Å². The number of ketones is 1. The molecule has 1 aromatic carbocycles. The molecule has 0 aromatic heterocycles. The predicted molar refractivity (Wildman–Crippen MR) is 52.7 cm³/mol. The van der Waals surface area contributed by atoms with E-state index in [1.165, 1.54) is 0 Å². The average molecular weight is 175 g/mol. The van der Waals surface area contributed by atoms with Gasteiger partial charge in [0.25, 0.3) is 0 Å². The normalized spacial score (nSPS) is 16.5. The Hall–Kier alpha value is -1.31. The minimum Gasteiger partial charge on any atom is -0.399 e. The molecular weight excluding hydrogens is 162 g/mol. The van der Waals surface area contributed by atoms with Crippen LogP contribution in [-0.4, -0.2) is 5.78 Å². The first-order valence-electron chi connectivity index (χ1n) is 4.69. The predicted octanol–water partition coefficient (Wildman–Crippen LogP) is 2.18. The van der Waals surface area contributed by atoms with E-state index >= 15 is 0 Å². The molecule has 68 valence electrons. The molecule has 0 radical (unpaired) electrons. The number of nitrogens with two attached hydrogens (primary N) is 1. The minimum atomic E-state index is 0.250. The maximum atomic E-state index is 11.6. The Morgan fingerprint density at radius 2 is 1.92 bits per heavy atom. The van der Waals surface area contributed by atoms with E-state index in [1.54, 1.807) is 0 Å². The van der Waals surface area contributed by atoms with Crippen molar-refractivity contribution >= 4 is 11.5 Å². The molecule has 0 saturated heterocycles. The summed E-state index contributed by atoms with van der Waals surface area (Å²) in [5.41, 5.74) is 8.34. The molecule has 1 aliphatic rings. The number of nitrogen functional groups attached to an aromatic ring is 1. The topological polar surface area (TPSA) is 43.1 Å². The van der Waals surface area contributed by atoms with E-state index in [0.29, 0.717) is 12.1 Å². The van der Waals surface area contributed by atoms with Gasteiger partial charge in [-0.05, 0) is 37.0 Å². The number of rotatable bonds is 0. The van der Waals surface area contributed by atoms with E-state index in [2.05, 4.69) is 0 Å². The van der Waals surface area contributed by atoms with Crippen molar-refractivity contribution in [2.24, 2.45) is 0 Å². The Kier molecular flexibility index (Phi) is 2.05. The summed E-state index contributed by atoms with van der Waals surface area (Å²) in [6, 6.07) is 5.66. The third-order valence-electron chi connectivity index (χ3n) is 2.53. The second kappa shape index (κ2) is 3.21. The Balaban J connectivity index is 2.49. The Morgan fingerprint density at radius 3 is 2.77 bits per heavy atom. The summed E-state index contributed by atoms with van der Waals surface area (Å²) in [6.07, 6.45) is 3.81.